The molecule has 94 valence electrons. The Morgan fingerprint density at radius 3 is 2.76 bits per heavy atom. The van der Waals surface area contributed by atoms with Gasteiger partial charge in [-0.15, -0.1) is 0 Å². The third-order valence-electron chi connectivity index (χ3n) is 2.55. The highest BCUT2D eigenvalue weighted by Crippen LogP contribution is 2.20. The van der Waals surface area contributed by atoms with Crippen LogP contribution < -0.4 is 10.6 Å². The van der Waals surface area contributed by atoms with Crippen molar-refractivity contribution < 1.29 is 5.11 Å². The minimum absolute atomic E-state index is 0.0897. The largest absolute Gasteiger partial charge is 0.395 e. The monoisotopic (exact) mass is 253 g/mol. The van der Waals surface area contributed by atoms with Gasteiger partial charge in [0.15, 0.2) is 0 Å². The van der Waals surface area contributed by atoms with Crippen LogP contribution in [0.5, 0.6) is 0 Å². The van der Waals surface area contributed by atoms with E-state index in [1.165, 1.54) is 0 Å². The predicted octanol–water partition coefficient (Wildman–Crippen LogP) is 1.23. The molecule has 17 heavy (non-hydrogen) atoms. The summed E-state index contributed by atoms with van der Waals surface area (Å²) < 4.78 is 0. The van der Waals surface area contributed by atoms with Crippen LogP contribution in [0.3, 0.4) is 0 Å². The van der Waals surface area contributed by atoms with Crippen LogP contribution in [0, 0.1) is 6.92 Å². The summed E-state index contributed by atoms with van der Waals surface area (Å²) in [6, 6.07) is 1.89. The molecule has 0 bridgehead atoms. The Bertz CT molecular complexity index is 389. The van der Waals surface area contributed by atoms with E-state index < -0.39 is 0 Å². The van der Waals surface area contributed by atoms with Crippen molar-refractivity contribution in [3.8, 4) is 0 Å². The lowest BCUT2D eigenvalue weighted by Crippen LogP contribution is -2.31. The van der Waals surface area contributed by atoms with Gasteiger partial charge in [0.1, 0.15) is 10.8 Å². The molecule has 5 heteroatoms. The molecule has 1 heterocycles. The molecule has 1 aromatic heterocycles. The maximum absolute atomic E-state index is 9.09. The molecule has 0 fully saturated rings. The van der Waals surface area contributed by atoms with Crippen LogP contribution in [0.25, 0.3) is 0 Å². The fourth-order valence-electron chi connectivity index (χ4n) is 1.80. The van der Waals surface area contributed by atoms with Crippen molar-refractivity contribution >= 4 is 23.0 Å². The average Bonchev–Trinajstić information content (AvgIpc) is 2.28. The number of aryl methyl sites for hydroxylation is 1. The van der Waals surface area contributed by atoms with Crippen molar-refractivity contribution in [2.75, 3.05) is 24.6 Å². The quantitative estimate of drug-likeness (QED) is 0.747. The molecule has 0 saturated heterocycles. The van der Waals surface area contributed by atoms with Gasteiger partial charge in [0, 0.05) is 19.3 Å². The van der Waals surface area contributed by atoms with Gasteiger partial charge in [-0.3, -0.25) is 0 Å². The van der Waals surface area contributed by atoms with Crippen molar-refractivity contribution in [1.82, 2.24) is 4.98 Å². The van der Waals surface area contributed by atoms with E-state index in [4.69, 9.17) is 23.1 Å². The molecule has 0 radical (unpaired) electrons. The van der Waals surface area contributed by atoms with Crippen molar-refractivity contribution in [3.05, 3.63) is 23.4 Å². The van der Waals surface area contributed by atoms with Crippen LogP contribution in [0.1, 0.15) is 24.5 Å². The predicted molar refractivity (Wildman–Crippen MR) is 74.5 cm³/mol. The molecule has 0 aliphatic heterocycles. The molecular formula is C12H19N3OS. The van der Waals surface area contributed by atoms with E-state index in [0.29, 0.717) is 11.5 Å². The number of nitrogens with zero attached hydrogens (tertiary/aromatic N) is 2. The zero-order chi connectivity index (χ0) is 12.8. The Labute approximate surface area is 107 Å². The molecule has 1 rings (SSSR count). The topological polar surface area (TPSA) is 62.4 Å². The minimum atomic E-state index is 0.0897. The fraction of sp³-hybridized carbons (Fsp3) is 0.500. The van der Waals surface area contributed by atoms with E-state index in [0.717, 1.165) is 29.9 Å². The van der Waals surface area contributed by atoms with E-state index in [1.807, 2.05) is 17.9 Å². The second-order valence-electron chi connectivity index (χ2n) is 3.90. The molecule has 1 aromatic rings. The summed E-state index contributed by atoms with van der Waals surface area (Å²) in [6.07, 6.45) is 2.72. The fourth-order valence-corrected chi connectivity index (χ4v) is 2.05. The summed E-state index contributed by atoms with van der Waals surface area (Å²) >= 11 is 5.07. The lowest BCUT2D eigenvalue weighted by molar-refractivity contribution is 0.301. The number of thiocarbonyl (C=S) groups is 1. The summed E-state index contributed by atoms with van der Waals surface area (Å²) in [5, 5.41) is 9.09. The number of hydrogen-bond acceptors (Lipinski definition) is 4. The van der Waals surface area contributed by atoms with E-state index in [-0.39, 0.29) is 6.61 Å². The molecule has 0 unspecified atom stereocenters. The number of rotatable bonds is 6. The Kier molecular flexibility index (Phi) is 5.31. The molecule has 0 amide bonds. The first-order chi connectivity index (χ1) is 8.11. The van der Waals surface area contributed by atoms with E-state index in [1.54, 1.807) is 6.20 Å². The Hall–Kier alpha value is -1.20. The van der Waals surface area contributed by atoms with Gasteiger partial charge in [-0.2, -0.15) is 0 Å². The third kappa shape index (κ3) is 3.38. The van der Waals surface area contributed by atoms with Crippen LogP contribution in [0.15, 0.2) is 12.3 Å². The summed E-state index contributed by atoms with van der Waals surface area (Å²) in [5.41, 5.74) is 7.57. The van der Waals surface area contributed by atoms with Crippen LogP contribution >= 0.6 is 12.2 Å². The zero-order valence-corrected chi connectivity index (χ0v) is 11.1. The van der Waals surface area contributed by atoms with E-state index in [2.05, 4.69) is 11.9 Å². The number of pyridine rings is 1. The molecule has 0 atom stereocenters. The molecule has 3 N–H and O–H groups in total. The molecule has 4 nitrogen and oxygen atoms in total. The zero-order valence-electron chi connectivity index (χ0n) is 10.3. The highest BCUT2D eigenvalue weighted by molar-refractivity contribution is 7.80. The molecule has 0 aromatic carbocycles. The first-order valence-corrected chi connectivity index (χ1v) is 6.13. The number of hydrogen-bond donors (Lipinski definition) is 2. The first-order valence-electron chi connectivity index (χ1n) is 5.73. The number of aromatic nitrogens is 1. The maximum Gasteiger partial charge on any atom is 0.139 e. The first kappa shape index (κ1) is 13.9. The van der Waals surface area contributed by atoms with Crippen LogP contribution in [0.4, 0.5) is 5.82 Å². The van der Waals surface area contributed by atoms with Gasteiger partial charge < -0.3 is 15.7 Å². The Morgan fingerprint density at radius 1 is 1.53 bits per heavy atom. The van der Waals surface area contributed by atoms with Gasteiger partial charge in [-0.25, -0.2) is 4.98 Å². The van der Waals surface area contributed by atoms with Crippen LogP contribution in [-0.4, -0.2) is 34.8 Å². The van der Waals surface area contributed by atoms with Gasteiger partial charge in [-0.1, -0.05) is 19.1 Å². The van der Waals surface area contributed by atoms with E-state index >= 15 is 0 Å². The van der Waals surface area contributed by atoms with Crippen molar-refractivity contribution in [2.45, 2.75) is 20.3 Å². The lowest BCUT2D eigenvalue weighted by Gasteiger charge is -2.25. The highest BCUT2D eigenvalue weighted by atomic mass is 32.1. The van der Waals surface area contributed by atoms with Gasteiger partial charge in [-0.05, 0) is 25.0 Å². The van der Waals surface area contributed by atoms with Crippen LogP contribution in [-0.2, 0) is 0 Å². The summed E-state index contributed by atoms with van der Waals surface area (Å²) in [4.78, 5) is 6.71. The van der Waals surface area contributed by atoms with Gasteiger partial charge in [0.25, 0.3) is 0 Å². The summed E-state index contributed by atoms with van der Waals surface area (Å²) in [6.45, 7) is 5.50. The molecule has 0 aliphatic carbocycles. The second kappa shape index (κ2) is 6.51. The van der Waals surface area contributed by atoms with E-state index in [9.17, 15) is 0 Å². The third-order valence-corrected chi connectivity index (χ3v) is 2.75. The van der Waals surface area contributed by atoms with Gasteiger partial charge in [0.2, 0.25) is 0 Å². The smallest absolute Gasteiger partial charge is 0.139 e. The van der Waals surface area contributed by atoms with Gasteiger partial charge in [0.05, 0.1) is 12.2 Å². The summed E-state index contributed by atoms with van der Waals surface area (Å²) in [7, 11) is 0. The highest BCUT2D eigenvalue weighted by Gasteiger charge is 2.15. The number of aliphatic hydroxyl groups excluding tert-OH is 1. The standard InChI is InChI=1S/C12H19N3OS/c1-3-6-15(7-8-16)12-10(11(13)17)9(2)4-5-14-12/h4-5,16H,3,6-8H2,1-2H3,(H2,13,17). The number of nitrogens with two attached hydrogens (primary N) is 1. The van der Waals surface area contributed by atoms with Crippen molar-refractivity contribution in [3.63, 3.8) is 0 Å². The van der Waals surface area contributed by atoms with Crippen molar-refractivity contribution in [1.29, 1.82) is 0 Å². The maximum atomic E-state index is 9.09. The average molecular weight is 253 g/mol. The lowest BCUT2D eigenvalue weighted by atomic mass is 10.1. The second-order valence-corrected chi connectivity index (χ2v) is 4.34. The molecule has 0 spiro atoms. The number of anilines is 1. The minimum Gasteiger partial charge on any atom is -0.395 e. The Balaban J connectivity index is 3.17. The van der Waals surface area contributed by atoms with Gasteiger partial charge >= 0.3 is 0 Å². The molecular weight excluding hydrogens is 234 g/mol. The number of aliphatic hydroxyl groups is 1. The Morgan fingerprint density at radius 2 is 2.24 bits per heavy atom. The van der Waals surface area contributed by atoms with Crippen molar-refractivity contribution in [2.24, 2.45) is 5.73 Å². The SMILES string of the molecule is CCCN(CCO)c1nccc(C)c1C(N)=S. The summed E-state index contributed by atoms with van der Waals surface area (Å²) in [5.74, 6) is 0.772. The molecule has 0 aliphatic rings. The van der Waals surface area contributed by atoms with Crippen LogP contribution in [0.2, 0.25) is 0 Å². The normalized spacial score (nSPS) is 10.3. The molecule has 0 saturated carbocycles.